The first kappa shape index (κ1) is 15.8. The van der Waals surface area contributed by atoms with E-state index in [0.717, 1.165) is 12.8 Å². The Labute approximate surface area is 135 Å². The molecule has 2 aliphatic heterocycles. The van der Waals surface area contributed by atoms with Gasteiger partial charge in [0.1, 0.15) is 11.9 Å². The van der Waals surface area contributed by atoms with Gasteiger partial charge in [0.2, 0.25) is 0 Å². The molecule has 0 radical (unpaired) electrons. The summed E-state index contributed by atoms with van der Waals surface area (Å²) in [6.45, 7) is 5.43. The van der Waals surface area contributed by atoms with Crippen molar-refractivity contribution < 1.29 is 19.1 Å². The minimum Gasteiger partial charge on any atom is -0.482 e. The summed E-state index contributed by atoms with van der Waals surface area (Å²) in [5, 5.41) is 2.87. The Morgan fingerprint density at radius 3 is 2.96 bits per heavy atom. The van der Waals surface area contributed by atoms with Gasteiger partial charge in [-0.05, 0) is 37.0 Å². The number of fused-ring (bicyclic) bond motifs is 1. The average Bonchev–Trinajstić information content (AvgIpc) is 3.04. The highest BCUT2D eigenvalue weighted by atomic mass is 16.5. The number of ether oxygens (including phenoxy) is 2. The molecule has 0 spiro atoms. The first-order valence-corrected chi connectivity index (χ1v) is 8.04. The zero-order valence-corrected chi connectivity index (χ0v) is 13.5. The van der Waals surface area contributed by atoms with Crippen LogP contribution in [0, 0.1) is 5.92 Å². The van der Waals surface area contributed by atoms with E-state index in [1.165, 1.54) is 0 Å². The fraction of sp³-hybridized carbons (Fsp3) is 0.529. The largest absolute Gasteiger partial charge is 0.482 e. The number of hydrogen-bond acceptors (Lipinski definition) is 4. The van der Waals surface area contributed by atoms with Crippen molar-refractivity contribution in [2.45, 2.75) is 32.8 Å². The number of hydrogen-bond donors (Lipinski definition) is 1. The number of anilines is 2. The highest BCUT2D eigenvalue weighted by Crippen LogP contribution is 2.35. The Bertz CT molecular complexity index is 609. The van der Waals surface area contributed by atoms with Crippen molar-refractivity contribution in [1.82, 2.24) is 0 Å². The second-order valence-electron chi connectivity index (χ2n) is 6.36. The van der Waals surface area contributed by atoms with Gasteiger partial charge in [0, 0.05) is 18.8 Å². The van der Waals surface area contributed by atoms with Crippen molar-refractivity contribution in [1.29, 1.82) is 0 Å². The Morgan fingerprint density at radius 2 is 2.26 bits per heavy atom. The van der Waals surface area contributed by atoms with Crippen LogP contribution in [0.25, 0.3) is 0 Å². The summed E-state index contributed by atoms with van der Waals surface area (Å²) in [6, 6.07) is 5.37. The molecule has 2 aliphatic rings. The van der Waals surface area contributed by atoms with E-state index in [1.807, 2.05) is 0 Å². The van der Waals surface area contributed by atoms with Crippen molar-refractivity contribution in [3.8, 4) is 5.75 Å². The molecule has 0 bridgehead atoms. The van der Waals surface area contributed by atoms with Crippen LogP contribution in [0.2, 0.25) is 0 Å². The molecule has 1 unspecified atom stereocenters. The van der Waals surface area contributed by atoms with Crippen molar-refractivity contribution in [2.75, 3.05) is 30.0 Å². The summed E-state index contributed by atoms with van der Waals surface area (Å²) in [4.78, 5) is 26.0. The molecule has 0 aromatic heterocycles. The molecule has 1 atom stereocenters. The molecule has 6 nitrogen and oxygen atoms in total. The number of carbonyl (C=O) groups is 2. The van der Waals surface area contributed by atoms with Gasteiger partial charge in [-0.1, -0.05) is 13.8 Å². The monoisotopic (exact) mass is 318 g/mol. The lowest BCUT2D eigenvalue weighted by Crippen LogP contribution is -2.41. The van der Waals surface area contributed by atoms with Crippen LogP contribution in [-0.4, -0.2) is 37.7 Å². The summed E-state index contributed by atoms with van der Waals surface area (Å²) in [5.41, 5.74) is 1.36. The SMILES string of the molecule is CC(C)CN1C(=O)COc2ccc(NC(=O)C3CCCO3)cc21. The van der Waals surface area contributed by atoms with Gasteiger partial charge in [-0.25, -0.2) is 0 Å². The van der Waals surface area contributed by atoms with Gasteiger partial charge in [0.25, 0.3) is 11.8 Å². The third kappa shape index (κ3) is 3.47. The van der Waals surface area contributed by atoms with Gasteiger partial charge in [0.15, 0.2) is 6.61 Å². The van der Waals surface area contributed by atoms with Crippen molar-refractivity contribution in [3.63, 3.8) is 0 Å². The van der Waals surface area contributed by atoms with Crippen LogP contribution in [0.1, 0.15) is 26.7 Å². The summed E-state index contributed by atoms with van der Waals surface area (Å²) in [5.74, 6) is 0.810. The standard InChI is InChI=1S/C17H22N2O4/c1-11(2)9-19-13-8-12(5-6-14(13)23-10-16(19)20)18-17(21)15-4-3-7-22-15/h5-6,8,11,15H,3-4,7,9-10H2,1-2H3,(H,18,21). The molecule has 23 heavy (non-hydrogen) atoms. The maximum Gasteiger partial charge on any atom is 0.265 e. The fourth-order valence-electron chi connectivity index (χ4n) is 2.85. The van der Waals surface area contributed by atoms with Crippen molar-refractivity contribution >= 4 is 23.2 Å². The Balaban J connectivity index is 1.80. The number of amides is 2. The normalized spacial score (nSPS) is 20.4. The molecule has 3 rings (SSSR count). The van der Waals surface area contributed by atoms with Crippen molar-refractivity contribution in [3.05, 3.63) is 18.2 Å². The summed E-state index contributed by atoms with van der Waals surface area (Å²) >= 11 is 0. The van der Waals surface area contributed by atoms with E-state index < -0.39 is 0 Å². The predicted molar refractivity (Wildman–Crippen MR) is 86.7 cm³/mol. The third-order valence-corrected chi connectivity index (χ3v) is 3.94. The maximum atomic E-state index is 12.2. The predicted octanol–water partition coefficient (Wildman–Crippen LogP) is 2.19. The number of nitrogens with zero attached hydrogens (tertiary/aromatic N) is 1. The zero-order valence-electron chi connectivity index (χ0n) is 13.5. The van der Waals surface area contributed by atoms with Crippen LogP contribution in [-0.2, 0) is 14.3 Å². The zero-order chi connectivity index (χ0) is 16.4. The molecule has 1 aromatic rings. The molecule has 1 saturated heterocycles. The van der Waals surface area contributed by atoms with E-state index in [0.29, 0.717) is 36.2 Å². The van der Waals surface area contributed by atoms with E-state index in [1.54, 1.807) is 23.1 Å². The van der Waals surface area contributed by atoms with Crippen LogP contribution < -0.4 is 15.0 Å². The molecule has 124 valence electrons. The Morgan fingerprint density at radius 1 is 1.43 bits per heavy atom. The smallest absolute Gasteiger partial charge is 0.265 e. The highest BCUT2D eigenvalue weighted by Gasteiger charge is 2.27. The lowest BCUT2D eigenvalue weighted by molar-refractivity contribution is -0.124. The molecular formula is C17H22N2O4. The van der Waals surface area contributed by atoms with Gasteiger partial charge >= 0.3 is 0 Å². The Kier molecular flexibility index (Phi) is 4.52. The summed E-state index contributed by atoms with van der Waals surface area (Å²) < 4.78 is 10.9. The van der Waals surface area contributed by atoms with Crippen molar-refractivity contribution in [2.24, 2.45) is 5.92 Å². The second-order valence-corrected chi connectivity index (χ2v) is 6.36. The average molecular weight is 318 g/mol. The van der Waals surface area contributed by atoms with Crippen LogP contribution in [0.15, 0.2) is 18.2 Å². The molecule has 1 N–H and O–H groups in total. The second kappa shape index (κ2) is 6.58. The number of rotatable bonds is 4. The van der Waals surface area contributed by atoms with Crippen LogP contribution in [0.3, 0.4) is 0 Å². The fourth-order valence-corrected chi connectivity index (χ4v) is 2.85. The minimum absolute atomic E-state index is 0.0569. The number of nitrogens with one attached hydrogen (secondary N) is 1. The molecule has 2 heterocycles. The summed E-state index contributed by atoms with van der Waals surface area (Å²) in [7, 11) is 0. The van der Waals surface area contributed by atoms with E-state index in [2.05, 4.69) is 19.2 Å². The highest BCUT2D eigenvalue weighted by molar-refractivity contribution is 6.00. The lowest BCUT2D eigenvalue weighted by atomic mass is 10.1. The van der Waals surface area contributed by atoms with Gasteiger partial charge in [-0.15, -0.1) is 0 Å². The van der Waals surface area contributed by atoms with Gasteiger partial charge in [0.05, 0.1) is 5.69 Å². The van der Waals surface area contributed by atoms with Gasteiger partial charge < -0.3 is 19.7 Å². The van der Waals surface area contributed by atoms with Crippen LogP contribution in [0.4, 0.5) is 11.4 Å². The summed E-state index contributed by atoms with van der Waals surface area (Å²) in [6.07, 6.45) is 1.28. The van der Waals surface area contributed by atoms with E-state index >= 15 is 0 Å². The lowest BCUT2D eigenvalue weighted by Gasteiger charge is -2.31. The number of benzene rings is 1. The van der Waals surface area contributed by atoms with Crippen LogP contribution in [0.5, 0.6) is 5.75 Å². The third-order valence-electron chi connectivity index (χ3n) is 3.94. The molecule has 1 fully saturated rings. The topological polar surface area (TPSA) is 67.9 Å². The van der Waals surface area contributed by atoms with Gasteiger partial charge in [-0.2, -0.15) is 0 Å². The first-order valence-electron chi connectivity index (χ1n) is 8.04. The molecule has 6 heteroatoms. The molecule has 2 amide bonds. The molecule has 0 aliphatic carbocycles. The maximum absolute atomic E-state index is 12.2. The molecular weight excluding hydrogens is 296 g/mol. The Hall–Kier alpha value is -2.08. The van der Waals surface area contributed by atoms with Crippen LogP contribution >= 0.6 is 0 Å². The first-order chi connectivity index (χ1) is 11.0. The molecule has 0 saturated carbocycles. The molecule has 1 aromatic carbocycles. The minimum atomic E-state index is -0.379. The van der Waals surface area contributed by atoms with E-state index in [4.69, 9.17) is 9.47 Å². The quantitative estimate of drug-likeness (QED) is 0.924. The number of carbonyl (C=O) groups excluding carboxylic acids is 2. The van der Waals surface area contributed by atoms with E-state index in [9.17, 15) is 9.59 Å². The van der Waals surface area contributed by atoms with Gasteiger partial charge in [-0.3, -0.25) is 9.59 Å². The van der Waals surface area contributed by atoms with E-state index in [-0.39, 0.29) is 24.5 Å².